The van der Waals surface area contributed by atoms with E-state index in [1.54, 1.807) is 0 Å². The first-order valence-electron chi connectivity index (χ1n) is 4.01. The number of hydrogen-bond acceptors (Lipinski definition) is 0. The SMILES string of the molecule is CCCC(Cl)CCCCBr. The van der Waals surface area contributed by atoms with E-state index in [9.17, 15) is 0 Å². The van der Waals surface area contributed by atoms with Crippen molar-refractivity contribution in [3.63, 3.8) is 0 Å². The zero-order valence-electron chi connectivity index (χ0n) is 6.58. The van der Waals surface area contributed by atoms with E-state index >= 15 is 0 Å². The van der Waals surface area contributed by atoms with E-state index in [0.29, 0.717) is 5.38 Å². The predicted octanol–water partition coefficient (Wildman–Crippen LogP) is 3.96. The van der Waals surface area contributed by atoms with Gasteiger partial charge in [-0.05, 0) is 19.3 Å². The van der Waals surface area contributed by atoms with E-state index < -0.39 is 0 Å². The zero-order chi connectivity index (χ0) is 7.82. The third kappa shape index (κ3) is 6.88. The first-order chi connectivity index (χ1) is 4.81. The molecule has 0 nitrogen and oxygen atoms in total. The summed E-state index contributed by atoms with van der Waals surface area (Å²) in [6, 6.07) is 0. The summed E-state index contributed by atoms with van der Waals surface area (Å²) >= 11 is 9.40. The second kappa shape index (κ2) is 7.87. The number of halogens is 2. The highest BCUT2D eigenvalue weighted by Crippen LogP contribution is 2.13. The first kappa shape index (κ1) is 10.8. The van der Waals surface area contributed by atoms with Crippen LogP contribution in [0.2, 0.25) is 0 Å². The molecule has 0 amide bonds. The minimum atomic E-state index is 0.420. The predicted molar refractivity (Wildman–Crippen MR) is 52.2 cm³/mol. The summed E-state index contributed by atoms with van der Waals surface area (Å²) in [7, 11) is 0. The van der Waals surface area contributed by atoms with Crippen molar-refractivity contribution in [2.75, 3.05) is 5.33 Å². The smallest absolute Gasteiger partial charge is 0.0336 e. The molecule has 0 aromatic rings. The van der Waals surface area contributed by atoms with Gasteiger partial charge in [-0.25, -0.2) is 0 Å². The molecular formula is C8H16BrCl. The van der Waals surface area contributed by atoms with E-state index in [2.05, 4.69) is 22.9 Å². The van der Waals surface area contributed by atoms with Crippen molar-refractivity contribution in [3.05, 3.63) is 0 Å². The van der Waals surface area contributed by atoms with Gasteiger partial charge in [0.1, 0.15) is 0 Å². The molecule has 0 spiro atoms. The van der Waals surface area contributed by atoms with Gasteiger partial charge in [0.15, 0.2) is 0 Å². The Morgan fingerprint density at radius 3 is 2.50 bits per heavy atom. The molecule has 0 saturated heterocycles. The third-order valence-electron chi connectivity index (χ3n) is 1.50. The van der Waals surface area contributed by atoms with Crippen LogP contribution in [0.25, 0.3) is 0 Å². The second-order valence-electron chi connectivity index (χ2n) is 2.57. The molecule has 0 radical (unpaired) electrons. The molecule has 1 unspecified atom stereocenters. The molecule has 0 saturated carbocycles. The van der Waals surface area contributed by atoms with Crippen LogP contribution in [0.4, 0.5) is 0 Å². The maximum Gasteiger partial charge on any atom is 0.0336 e. The van der Waals surface area contributed by atoms with Crippen LogP contribution in [0.3, 0.4) is 0 Å². The molecule has 10 heavy (non-hydrogen) atoms. The van der Waals surface area contributed by atoms with E-state index in [1.807, 2.05) is 0 Å². The molecule has 0 aromatic heterocycles. The van der Waals surface area contributed by atoms with Gasteiger partial charge in [0, 0.05) is 10.7 Å². The number of unbranched alkanes of at least 4 members (excludes halogenated alkanes) is 1. The monoisotopic (exact) mass is 226 g/mol. The van der Waals surface area contributed by atoms with Crippen molar-refractivity contribution in [1.29, 1.82) is 0 Å². The van der Waals surface area contributed by atoms with Gasteiger partial charge in [0.05, 0.1) is 0 Å². The standard InChI is InChI=1S/C8H16BrCl/c1-2-5-8(10)6-3-4-7-9/h8H,2-7H2,1H3. The molecule has 1 atom stereocenters. The van der Waals surface area contributed by atoms with Gasteiger partial charge in [0.2, 0.25) is 0 Å². The normalized spacial score (nSPS) is 13.5. The minimum Gasteiger partial charge on any atom is -0.123 e. The van der Waals surface area contributed by atoms with Gasteiger partial charge in [-0.2, -0.15) is 0 Å². The fourth-order valence-electron chi connectivity index (χ4n) is 0.918. The molecule has 0 heterocycles. The molecule has 0 aliphatic carbocycles. The van der Waals surface area contributed by atoms with Crippen LogP contribution >= 0.6 is 27.5 Å². The van der Waals surface area contributed by atoms with Crippen molar-refractivity contribution in [2.24, 2.45) is 0 Å². The van der Waals surface area contributed by atoms with Crippen LogP contribution in [-0.4, -0.2) is 10.7 Å². The van der Waals surface area contributed by atoms with Crippen LogP contribution in [0.5, 0.6) is 0 Å². The first-order valence-corrected chi connectivity index (χ1v) is 5.57. The quantitative estimate of drug-likeness (QED) is 0.476. The van der Waals surface area contributed by atoms with Crippen LogP contribution < -0.4 is 0 Å². The summed E-state index contributed by atoms with van der Waals surface area (Å²) in [5.41, 5.74) is 0. The number of rotatable bonds is 6. The maximum absolute atomic E-state index is 6.00. The van der Waals surface area contributed by atoms with Crippen molar-refractivity contribution < 1.29 is 0 Å². The van der Waals surface area contributed by atoms with Crippen molar-refractivity contribution in [1.82, 2.24) is 0 Å². The summed E-state index contributed by atoms with van der Waals surface area (Å²) in [6.07, 6.45) is 6.08. The Bertz CT molecular complexity index is 66.3. The van der Waals surface area contributed by atoms with Crippen LogP contribution in [-0.2, 0) is 0 Å². The lowest BCUT2D eigenvalue weighted by Gasteiger charge is -2.05. The molecule has 0 rings (SSSR count). The summed E-state index contributed by atoms with van der Waals surface area (Å²) in [5.74, 6) is 0. The topological polar surface area (TPSA) is 0 Å². The molecule has 62 valence electrons. The van der Waals surface area contributed by atoms with Crippen molar-refractivity contribution in [2.45, 2.75) is 44.4 Å². The highest BCUT2D eigenvalue weighted by atomic mass is 79.9. The van der Waals surface area contributed by atoms with Gasteiger partial charge < -0.3 is 0 Å². The Morgan fingerprint density at radius 2 is 2.00 bits per heavy atom. The Hall–Kier alpha value is 0.770. The van der Waals surface area contributed by atoms with E-state index in [4.69, 9.17) is 11.6 Å². The van der Waals surface area contributed by atoms with Crippen LogP contribution in [0, 0.1) is 0 Å². The highest BCUT2D eigenvalue weighted by Gasteiger charge is 2.00. The summed E-state index contributed by atoms with van der Waals surface area (Å²) < 4.78 is 0. The summed E-state index contributed by atoms with van der Waals surface area (Å²) in [6.45, 7) is 2.18. The van der Waals surface area contributed by atoms with E-state index in [0.717, 1.165) is 5.33 Å². The lowest BCUT2D eigenvalue weighted by atomic mass is 10.1. The van der Waals surface area contributed by atoms with E-state index in [1.165, 1.54) is 32.1 Å². The zero-order valence-corrected chi connectivity index (χ0v) is 8.92. The largest absolute Gasteiger partial charge is 0.123 e. The summed E-state index contributed by atoms with van der Waals surface area (Å²) in [4.78, 5) is 0. The van der Waals surface area contributed by atoms with Gasteiger partial charge in [-0.3, -0.25) is 0 Å². The average Bonchev–Trinajstić information content (AvgIpc) is 1.89. The molecule has 0 N–H and O–H groups in total. The second-order valence-corrected chi connectivity index (χ2v) is 3.98. The molecule has 0 aliphatic heterocycles. The number of hydrogen-bond donors (Lipinski definition) is 0. The molecule has 0 aromatic carbocycles. The lowest BCUT2D eigenvalue weighted by Crippen LogP contribution is -1.97. The highest BCUT2D eigenvalue weighted by molar-refractivity contribution is 9.09. The number of alkyl halides is 2. The molecule has 0 fully saturated rings. The molecule has 0 bridgehead atoms. The van der Waals surface area contributed by atoms with Crippen molar-refractivity contribution >= 4 is 27.5 Å². The molecule has 2 heteroatoms. The fraction of sp³-hybridized carbons (Fsp3) is 1.00. The van der Waals surface area contributed by atoms with Crippen LogP contribution in [0.15, 0.2) is 0 Å². The maximum atomic E-state index is 6.00. The minimum absolute atomic E-state index is 0.420. The summed E-state index contributed by atoms with van der Waals surface area (Å²) in [5, 5.41) is 1.53. The van der Waals surface area contributed by atoms with E-state index in [-0.39, 0.29) is 0 Å². The van der Waals surface area contributed by atoms with Crippen LogP contribution in [0.1, 0.15) is 39.0 Å². The lowest BCUT2D eigenvalue weighted by molar-refractivity contribution is 0.635. The van der Waals surface area contributed by atoms with Gasteiger partial charge in [0.25, 0.3) is 0 Å². The van der Waals surface area contributed by atoms with Gasteiger partial charge >= 0.3 is 0 Å². The Balaban J connectivity index is 2.97. The fourth-order valence-corrected chi connectivity index (χ4v) is 1.69. The van der Waals surface area contributed by atoms with Gasteiger partial charge in [-0.1, -0.05) is 35.7 Å². The third-order valence-corrected chi connectivity index (χ3v) is 2.50. The Morgan fingerprint density at radius 1 is 1.30 bits per heavy atom. The molecular weight excluding hydrogens is 211 g/mol. The average molecular weight is 228 g/mol. The Kier molecular flexibility index (Phi) is 8.48. The van der Waals surface area contributed by atoms with Crippen molar-refractivity contribution in [3.8, 4) is 0 Å². The Labute approximate surface area is 77.5 Å². The molecule has 0 aliphatic rings. The van der Waals surface area contributed by atoms with Gasteiger partial charge in [-0.15, -0.1) is 11.6 Å².